The highest BCUT2D eigenvalue weighted by Crippen LogP contribution is 2.15. The maximum Gasteiger partial charge on any atom is 0.254 e. The first kappa shape index (κ1) is 17.7. The van der Waals surface area contributed by atoms with Gasteiger partial charge in [0.1, 0.15) is 5.75 Å². The number of benzene rings is 2. The number of aryl methyl sites for hydroxylation is 1. The van der Waals surface area contributed by atoms with Gasteiger partial charge in [-0.1, -0.05) is 42.5 Å². The van der Waals surface area contributed by atoms with Gasteiger partial charge in [0, 0.05) is 19.5 Å². The van der Waals surface area contributed by atoms with Crippen LogP contribution in [0.4, 0.5) is 0 Å². The summed E-state index contributed by atoms with van der Waals surface area (Å²) in [6.45, 7) is 1.95. The van der Waals surface area contributed by atoms with E-state index in [1.807, 2.05) is 50.4 Å². The lowest BCUT2D eigenvalue weighted by Gasteiger charge is -2.14. The number of hydrogen-bond donors (Lipinski definition) is 2. The van der Waals surface area contributed by atoms with Crippen molar-refractivity contribution in [3.05, 3.63) is 83.2 Å². The van der Waals surface area contributed by atoms with E-state index in [0.717, 1.165) is 16.8 Å². The number of carbonyl (C=O) groups is 1. The minimum atomic E-state index is -0.128. The van der Waals surface area contributed by atoms with Crippen LogP contribution in [0, 0.1) is 0 Å². The number of carbonyl (C=O) groups excluding carboxylic acids is 1. The molecule has 134 valence electrons. The molecular weight excluding hydrogens is 326 g/mol. The van der Waals surface area contributed by atoms with Gasteiger partial charge in [-0.25, -0.2) is 0 Å². The second kappa shape index (κ2) is 7.87. The molecule has 5 heteroatoms. The maximum atomic E-state index is 12.7. The third kappa shape index (κ3) is 4.30. The summed E-state index contributed by atoms with van der Waals surface area (Å²) in [5.74, 6) is 0.107. The fraction of sp³-hybridized carbons (Fsp3) is 0.238. The highest BCUT2D eigenvalue weighted by Gasteiger charge is 2.18. The molecule has 1 aromatic heterocycles. The lowest BCUT2D eigenvalue weighted by atomic mass is 10.0. The van der Waals surface area contributed by atoms with Crippen molar-refractivity contribution in [1.29, 1.82) is 0 Å². The van der Waals surface area contributed by atoms with E-state index in [1.54, 1.807) is 29.1 Å². The molecule has 1 atom stereocenters. The van der Waals surface area contributed by atoms with E-state index in [-0.39, 0.29) is 17.7 Å². The Balaban J connectivity index is 1.70. The monoisotopic (exact) mass is 349 g/mol. The molecule has 5 nitrogen and oxygen atoms in total. The van der Waals surface area contributed by atoms with Crippen LogP contribution in [-0.2, 0) is 19.9 Å². The molecule has 0 fully saturated rings. The van der Waals surface area contributed by atoms with Crippen LogP contribution in [0.5, 0.6) is 5.75 Å². The minimum absolute atomic E-state index is 0.0610. The van der Waals surface area contributed by atoms with Crippen molar-refractivity contribution in [2.24, 2.45) is 7.05 Å². The smallest absolute Gasteiger partial charge is 0.254 e. The zero-order valence-corrected chi connectivity index (χ0v) is 15.0. The van der Waals surface area contributed by atoms with Gasteiger partial charge in [-0.2, -0.15) is 5.10 Å². The summed E-state index contributed by atoms with van der Waals surface area (Å²) in [6.07, 6.45) is 2.92. The molecule has 0 saturated heterocycles. The van der Waals surface area contributed by atoms with Gasteiger partial charge in [0.15, 0.2) is 0 Å². The van der Waals surface area contributed by atoms with E-state index in [9.17, 15) is 9.90 Å². The molecule has 3 aromatic rings. The number of phenols is 1. The van der Waals surface area contributed by atoms with Crippen LogP contribution in [0.1, 0.15) is 34.1 Å². The summed E-state index contributed by atoms with van der Waals surface area (Å²) in [5.41, 5.74) is 3.60. The second-order valence-corrected chi connectivity index (χ2v) is 6.54. The van der Waals surface area contributed by atoms with Crippen LogP contribution >= 0.6 is 0 Å². The van der Waals surface area contributed by atoms with Crippen molar-refractivity contribution in [3.63, 3.8) is 0 Å². The topological polar surface area (TPSA) is 67.2 Å². The summed E-state index contributed by atoms with van der Waals surface area (Å²) in [7, 11) is 1.85. The Labute approximate surface area is 153 Å². The summed E-state index contributed by atoms with van der Waals surface area (Å²) in [4.78, 5) is 12.7. The highest BCUT2D eigenvalue weighted by molar-refractivity contribution is 5.95. The van der Waals surface area contributed by atoms with Crippen LogP contribution < -0.4 is 5.32 Å². The summed E-state index contributed by atoms with van der Waals surface area (Å²) in [5, 5.41) is 16.9. The van der Waals surface area contributed by atoms with Gasteiger partial charge in [0.05, 0.1) is 17.5 Å². The summed E-state index contributed by atoms with van der Waals surface area (Å²) < 4.78 is 1.75. The predicted molar refractivity (Wildman–Crippen MR) is 101 cm³/mol. The van der Waals surface area contributed by atoms with E-state index >= 15 is 0 Å². The highest BCUT2D eigenvalue weighted by atomic mass is 16.3. The molecule has 3 rings (SSSR count). The number of nitrogens with zero attached hydrogens (tertiary/aromatic N) is 2. The average Bonchev–Trinajstić information content (AvgIpc) is 2.96. The van der Waals surface area contributed by atoms with Gasteiger partial charge in [-0.3, -0.25) is 9.48 Å². The molecule has 0 saturated carbocycles. The van der Waals surface area contributed by atoms with Crippen LogP contribution in [-0.4, -0.2) is 26.8 Å². The maximum absolute atomic E-state index is 12.7. The Morgan fingerprint density at radius 3 is 2.62 bits per heavy atom. The molecule has 2 N–H and O–H groups in total. The molecule has 0 spiro atoms. The van der Waals surface area contributed by atoms with E-state index in [2.05, 4.69) is 10.4 Å². The quantitative estimate of drug-likeness (QED) is 0.719. The van der Waals surface area contributed by atoms with Crippen molar-refractivity contribution in [2.45, 2.75) is 25.8 Å². The SMILES string of the molecule is CC(Cc1cccc(O)c1)NC(=O)c1cnn(C)c1Cc1ccccc1. The van der Waals surface area contributed by atoms with Crippen molar-refractivity contribution in [3.8, 4) is 5.75 Å². The van der Waals surface area contributed by atoms with Gasteiger partial charge in [-0.15, -0.1) is 0 Å². The Hall–Kier alpha value is -3.08. The first-order valence-corrected chi connectivity index (χ1v) is 8.66. The average molecular weight is 349 g/mol. The fourth-order valence-electron chi connectivity index (χ4n) is 3.04. The van der Waals surface area contributed by atoms with Crippen LogP contribution in [0.25, 0.3) is 0 Å². The van der Waals surface area contributed by atoms with Crippen molar-refractivity contribution in [2.75, 3.05) is 0 Å². The first-order chi connectivity index (χ1) is 12.5. The molecule has 1 amide bonds. The van der Waals surface area contributed by atoms with Gasteiger partial charge in [0.25, 0.3) is 5.91 Å². The zero-order valence-electron chi connectivity index (χ0n) is 15.0. The lowest BCUT2D eigenvalue weighted by molar-refractivity contribution is 0.0939. The molecule has 1 heterocycles. The second-order valence-electron chi connectivity index (χ2n) is 6.54. The molecule has 0 aliphatic rings. The fourth-order valence-corrected chi connectivity index (χ4v) is 3.04. The van der Waals surface area contributed by atoms with Crippen molar-refractivity contribution < 1.29 is 9.90 Å². The molecule has 0 radical (unpaired) electrons. The number of rotatable bonds is 6. The lowest BCUT2D eigenvalue weighted by Crippen LogP contribution is -2.34. The predicted octanol–water partition coefficient (Wildman–Crippen LogP) is 3.08. The normalized spacial score (nSPS) is 11.9. The van der Waals surface area contributed by atoms with Crippen LogP contribution in [0.15, 0.2) is 60.8 Å². The first-order valence-electron chi connectivity index (χ1n) is 8.66. The molecule has 0 aliphatic heterocycles. The summed E-state index contributed by atoms with van der Waals surface area (Å²) in [6, 6.07) is 17.1. The molecule has 0 bridgehead atoms. The largest absolute Gasteiger partial charge is 0.508 e. The van der Waals surface area contributed by atoms with Gasteiger partial charge in [-0.05, 0) is 36.6 Å². The van der Waals surface area contributed by atoms with E-state index in [4.69, 9.17) is 0 Å². The van der Waals surface area contributed by atoms with Gasteiger partial charge >= 0.3 is 0 Å². The van der Waals surface area contributed by atoms with E-state index in [0.29, 0.717) is 18.4 Å². The zero-order chi connectivity index (χ0) is 18.5. The van der Waals surface area contributed by atoms with Gasteiger partial charge in [0.2, 0.25) is 0 Å². The Morgan fingerprint density at radius 2 is 1.88 bits per heavy atom. The summed E-state index contributed by atoms with van der Waals surface area (Å²) >= 11 is 0. The molecule has 1 unspecified atom stereocenters. The Bertz CT molecular complexity index is 887. The van der Waals surface area contributed by atoms with E-state index in [1.165, 1.54) is 0 Å². The Morgan fingerprint density at radius 1 is 1.15 bits per heavy atom. The molecule has 2 aromatic carbocycles. The number of amides is 1. The number of aromatic hydroxyl groups is 1. The third-order valence-electron chi connectivity index (χ3n) is 4.35. The third-order valence-corrected chi connectivity index (χ3v) is 4.35. The van der Waals surface area contributed by atoms with Crippen LogP contribution in [0.2, 0.25) is 0 Å². The number of hydrogen-bond acceptors (Lipinski definition) is 3. The van der Waals surface area contributed by atoms with Crippen molar-refractivity contribution in [1.82, 2.24) is 15.1 Å². The standard InChI is InChI=1S/C21H23N3O2/c1-15(11-17-9-6-10-18(25)12-17)23-21(26)19-14-22-24(2)20(19)13-16-7-4-3-5-8-16/h3-10,12,14-15,25H,11,13H2,1-2H3,(H,23,26). The molecule has 26 heavy (non-hydrogen) atoms. The van der Waals surface area contributed by atoms with Gasteiger partial charge < -0.3 is 10.4 Å². The number of nitrogens with one attached hydrogen (secondary N) is 1. The molecule has 0 aliphatic carbocycles. The van der Waals surface area contributed by atoms with Crippen LogP contribution in [0.3, 0.4) is 0 Å². The van der Waals surface area contributed by atoms with Crippen molar-refractivity contribution >= 4 is 5.91 Å². The Kier molecular flexibility index (Phi) is 5.37. The minimum Gasteiger partial charge on any atom is -0.508 e. The number of aromatic nitrogens is 2. The van der Waals surface area contributed by atoms with E-state index < -0.39 is 0 Å². The molecular formula is C21H23N3O2. The number of phenolic OH excluding ortho intramolecular Hbond substituents is 1.